The maximum atomic E-state index is 12.7. The standard InChI is InChI=1S/C23H25NO9/c1-23(2,22(27)31-9-5-4-6-10-32-24(28)29)14-11-18(25)20-17-13-15(30-3)7-8-16(17)21(26)33-19(20)12-14/h7-8,11-13,25H,4-6,9-10H2,1-3H3. The average Bonchev–Trinajstić information content (AvgIpc) is 2.77. The third kappa shape index (κ3) is 5.16. The number of carbonyl (C=O) groups excluding carboxylic acids is 1. The summed E-state index contributed by atoms with van der Waals surface area (Å²) >= 11 is 0. The summed E-state index contributed by atoms with van der Waals surface area (Å²) in [6, 6.07) is 7.84. The zero-order valence-electron chi connectivity index (χ0n) is 18.6. The fourth-order valence-corrected chi connectivity index (χ4v) is 3.49. The van der Waals surface area contributed by atoms with Gasteiger partial charge < -0.3 is 23.8 Å². The van der Waals surface area contributed by atoms with Crippen LogP contribution < -0.4 is 10.4 Å². The largest absolute Gasteiger partial charge is 0.507 e. The Labute approximate surface area is 188 Å². The van der Waals surface area contributed by atoms with Gasteiger partial charge >= 0.3 is 11.6 Å². The molecule has 0 aliphatic heterocycles. The van der Waals surface area contributed by atoms with Crippen LogP contribution in [0, 0.1) is 10.1 Å². The van der Waals surface area contributed by atoms with Crippen molar-refractivity contribution in [2.45, 2.75) is 38.5 Å². The van der Waals surface area contributed by atoms with Crippen LogP contribution in [-0.2, 0) is 19.8 Å². The zero-order valence-corrected chi connectivity index (χ0v) is 18.6. The summed E-state index contributed by atoms with van der Waals surface area (Å²) in [4.78, 5) is 39.5. The van der Waals surface area contributed by atoms with Gasteiger partial charge in [0.2, 0.25) is 0 Å². The number of nitrogens with zero attached hydrogens (tertiary/aromatic N) is 1. The van der Waals surface area contributed by atoms with E-state index in [1.165, 1.54) is 13.2 Å². The highest BCUT2D eigenvalue weighted by molar-refractivity contribution is 6.08. The molecule has 1 aromatic heterocycles. The second-order valence-corrected chi connectivity index (χ2v) is 8.05. The van der Waals surface area contributed by atoms with E-state index < -0.39 is 22.1 Å². The van der Waals surface area contributed by atoms with E-state index in [2.05, 4.69) is 4.84 Å². The number of benzene rings is 2. The van der Waals surface area contributed by atoms with Crippen LogP contribution in [0.5, 0.6) is 11.5 Å². The highest BCUT2D eigenvalue weighted by Gasteiger charge is 2.33. The molecule has 10 nitrogen and oxygen atoms in total. The highest BCUT2D eigenvalue weighted by atomic mass is 16.9. The summed E-state index contributed by atoms with van der Waals surface area (Å²) in [5.74, 6) is -0.143. The Balaban J connectivity index is 1.81. The molecule has 0 saturated heterocycles. The fraction of sp³-hybridized carbons (Fsp3) is 0.391. The summed E-state index contributed by atoms with van der Waals surface area (Å²) in [6.07, 6.45) is 1.59. The maximum Gasteiger partial charge on any atom is 0.344 e. The van der Waals surface area contributed by atoms with Gasteiger partial charge in [0.25, 0.3) is 5.09 Å². The lowest BCUT2D eigenvalue weighted by molar-refractivity contribution is -0.757. The molecule has 10 heteroatoms. The first kappa shape index (κ1) is 23.8. The monoisotopic (exact) mass is 459 g/mol. The van der Waals surface area contributed by atoms with Gasteiger partial charge in [0, 0.05) is 5.39 Å². The second-order valence-electron chi connectivity index (χ2n) is 8.05. The molecule has 0 saturated carbocycles. The second kappa shape index (κ2) is 9.76. The topological polar surface area (TPSA) is 138 Å². The van der Waals surface area contributed by atoms with Gasteiger partial charge in [0.15, 0.2) is 0 Å². The third-order valence-electron chi connectivity index (χ3n) is 5.45. The van der Waals surface area contributed by atoms with E-state index in [1.54, 1.807) is 38.1 Å². The molecule has 0 aliphatic rings. The molecule has 2 aromatic carbocycles. The number of unbranched alkanes of at least 4 members (excludes halogenated alkanes) is 2. The minimum absolute atomic E-state index is 0.00539. The van der Waals surface area contributed by atoms with Crippen LogP contribution in [-0.4, -0.2) is 36.5 Å². The molecule has 3 aromatic rings. The van der Waals surface area contributed by atoms with E-state index in [9.17, 15) is 24.8 Å². The Morgan fingerprint density at radius 1 is 1.12 bits per heavy atom. The lowest BCUT2D eigenvalue weighted by atomic mass is 9.84. The van der Waals surface area contributed by atoms with Gasteiger partial charge in [-0.25, -0.2) is 4.79 Å². The van der Waals surface area contributed by atoms with Gasteiger partial charge in [-0.05, 0) is 69.0 Å². The molecular weight excluding hydrogens is 434 g/mol. The van der Waals surface area contributed by atoms with Crippen LogP contribution in [0.1, 0.15) is 38.7 Å². The van der Waals surface area contributed by atoms with Crippen LogP contribution in [0.15, 0.2) is 39.5 Å². The number of rotatable bonds is 10. The Kier molecular flexibility index (Phi) is 7.05. The molecule has 0 radical (unpaired) electrons. The van der Waals surface area contributed by atoms with E-state index in [0.29, 0.717) is 46.7 Å². The normalized spacial score (nSPS) is 11.5. The number of esters is 1. The number of phenolic OH excluding ortho intramolecular Hbond substituents is 1. The molecule has 3 rings (SSSR count). The fourth-order valence-electron chi connectivity index (χ4n) is 3.49. The summed E-state index contributed by atoms with van der Waals surface area (Å²) in [5, 5.41) is 21.2. The number of hydrogen-bond donors (Lipinski definition) is 1. The maximum absolute atomic E-state index is 12.7. The molecule has 0 bridgehead atoms. The number of ether oxygens (including phenoxy) is 2. The minimum atomic E-state index is -1.14. The molecule has 0 amide bonds. The van der Waals surface area contributed by atoms with Crippen molar-refractivity contribution >= 4 is 27.7 Å². The first-order valence-corrected chi connectivity index (χ1v) is 10.4. The van der Waals surface area contributed by atoms with E-state index in [-0.39, 0.29) is 24.5 Å². The highest BCUT2D eigenvalue weighted by Crippen LogP contribution is 2.37. The first-order valence-electron chi connectivity index (χ1n) is 10.4. The molecule has 0 unspecified atom stereocenters. The molecule has 0 aliphatic carbocycles. The molecule has 33 heavy (non-hydrogen) atoms. The average molecular weight is 459 g/mol. The third-order valence-corrected chi connectivity index (χ3v) is 5.45. The summed E-state index contributed by atoms with van der Waals surface area (Å²) < 4.78 is 16.0. The SMILES string of the molecule is COc1ccc2c(=O)oc3cc(C(C)(C)C(=O)OCCCCCO[N+](=O)[O-])cc(O)c3c2c1. The summed E-state index contributed by atoms with van der Waals surface area (Å²) in [7, 11) is 1.50. The van der Waals surface area contributed by atoms with Crippen LogP contribution in [0.3, 0.4) is 0 Å². The van der Waals surface area contributed by atoms with E-state index in [4.69, 9.17) is 13.9 Å². The summed E-state index contributed by atoms with van der Waals surface area (Å²) in [5.41, 5.74) is -1.15. The lowest BCUT2D eigenvalue weighted by Gasteiger charge is -2.24. The van der Waals surface area contributed by atoms with Crippen molar-refractivity contribution in [1.29, 1.82) is 0 Å². The lowest BCUT2D eigenvalue weighted by Crippen LogP contribution is -2.31. The number of carbonyl (C=O) groups is 1. The number of phenols is 1. The number of hydrogen-bond acceptors (Lipinski definition) is 9. The Bertz CT molecular complexity index is 1250. The van der Waals surface area contributed by atoms with Crippen LogP contribution >= 0.6 is 0 Å². The molecule has 1 N–H and O–H groups in total. The molecule has 176 valence electrons. The van der Waals surface area contributed by atoms with Gasteiger partial charge in [-0.1, -0.05) is 0 Å². The Morgan fingerprint density at radius 2 is 1.85 bits per heavy atom. The number of fused-ring (bicyclic) bond motifs is 3. The van der Waals surface area contributed by atoms with Crippen molar-refractivity contribution in [3.63, 3.8) is 0 Å². The predicted octanol–water partition coefficient (Wildman–Crippen LogP) is 3.86. The minimum Gasteiger partial charge on any atom is -0.507 e. The van der Waals surface area contributed by atoms with Crippen molar-refractivity contribution in [3.8, 4) is 11.5 Å². The molecular formula is C23H25NO9. The van der Waals surface area contributed by atoms with E-state index >= 15 is 0 Å². The smallest absolute Gasteiger partial charge is 0.344 e. The zero-order chi connectivity index (χ0) is 24.2. The van der Waals surface area contributed by atoms with Crippen molar-refractivity contribution in [2.24, 2.45) is 0 Å². The number of aromatic hydroxyl groups is 1. The van der Waals surface area contributed by atoms with Crippen LogP contribution in [0.25, 0.3) is 21.7 Å². The van der Waals surface area contributed by atoms with Crippen molar-refractivity contribution < 1.29 is 33.7 Å². The molecule has 1 heterocycles. The van der Waals surface area contributed by atoms with Crippen molar-refractivity contribution in [1.82, 2.24) is 0 Å². The quantitative estimate of drug-likeness (QED) is 0.120. The van der Waals surface area contributed by atoms with Gasteiger partial charge in [-0.3, -0.25) is 4.79 Å². The summed E-state index contributed by atoms with van der Waals surface area (Å²) in [6.45, 7) is 3.42. The first-order chi connectivity index (χ1) is 15.6. The van der Waals surface area contributed by atoms with E-state index in [0.717, 1.165) is 0 Å². The van der Waals surface area contributed by atoms with Crippen LogP contribution in [0.4, 0.5) is 0 Å². The molecule has 0 spiro atoms. The predicted molar refractivity (Wildman–Crippen MR) is 119 cm³/mol. The van der Waals surface area contributed by atoms with Crippen molar-refractivity contribution in [3.05, 3.63) is 56.4 Å². The van der Waals surface area contributed by atoms with E-state index in [1.807, 2.05) is 0 Å². The van der Waals surface area contributed by atoms with Crippen LogP contribution in [0.2, 0.25) is 0 Å². The molecule has 0 atom stereocenters. The van der Waals surface area contributed by atoms with Crippen molar-refractivity contribution in [2.75, 3.05) is 20.3 Å². The van der Waals surface area contributed by atoms with Gasteiger partial charge in [-0.2, -0.15) is 0 Å². The van der Waals surface area contributed by atoms with Gasteiger partial charge in [0.1, 0.15) is 17.1 Å². The van der Waals surface area contributed by atoms with Gasteiger partial charge in [-0.15, -0.1) is 10.1 Å². The molecule has 0 fully saturated rings. The number of methoxy groups -OCH3 is 1. The Hall–Kier alpha value is -3.82. The Morgan fingerprint density at radius 3 is 2.55 bits per heavy atom. The van der Waals surface area contributed by atoms with Gasteiger partial charge in [0.05, 0.1) is 36.5 Å².